The summed E-state index contributed by atoms with van der Waals surface area (Å²) in [5.74, 6) is -0.341. The molecule has 0 atom stereocenters. The highest BCUT2D eigenvalue weighted by molar-refractivity contribution is 5.81. The van der Waals surface area contributed by atoms with Gasteiger partial charge in [0.25, 0.3) is 0 Å². The van der Waals surface area contributed by atoms with E-state index in [4.69, 9.17) is 10.2 Å². The van der Waals surface area contributed by atoms with Crippen molar-refractivity contribution < 1.29 is 8.81 Å². The SMILES string of the molecule is NCc1coc2c(F)cccc12. The highest BCUT2D eigenvalue weighted by Gasteiger charge is 2.07. The number of nitrogens with two attached hydrogens (primary N) is 1. The molecule has 0 spiro atoms. The van der Waals surface area contributed by atoms with Gasteiger partial charge in [-0.25, -0.2) is 4.39 Å². The van der Waals surface area contributed by atoms with Gasteiger partial charge in [-0.2, -0.15) is 0 Å². The lowest BCUT2D eigenvalue weighted by molar-refractivity contribution is 0.558. The molecule has 0 aliphatic carbocycles. The van der Waals surface area contributed by atoms with Crippen LogP contribution in [0.15, 0.2) is 28.9 Å². The van der Waals surface area contributed by atoms with E-state index in [-0.39, 0.29) is 11.4 Å². The third-order valence-electron chi connectivity index (χ3n) is 1.85. The largest absolute Gasteiger partial charge is 0.461 e. The number of halogens is 1. The Morgan fingerprint density at radius 3 is 3.00 bits per heavy atom. The minimum atomic E-state index is -0.341. The Labute approximate surface area is 68.8 Å². The highest BCUT2D eigenvalue weighted by atomic mass is 19.1. The van der Waals surface area contributed by atoms with Crippen molar-refractivity contribution in [1.82, 2.24) is 0 Å². The average Bonchev–Trinajstić information content (AvgIpc) is 2.49. The van der Waals surface area contributed by atoms with Gasteiger partial charge < -0.3 is 10.2 Å². The maximum absolute atomic E-state index is 13.0. The average molecular weight is 165 g/mol. The Hall–Kier alpha value is -1.35. The molecule has 0 aliphatic heterocycles. The van der Waals surface area contributed by atoms with Gasteiger partial charge in [-0.1, -0.05) is 12.1 Å². The van der Waals surface area contributed by atoms with Gasteiger partial charge in [0, 0.05) is 17.5 Å². The number of fused-ring (bicyclic) bond motifs is 1. The van der Waals surface area contributed by atoms with Crippen LogP contribution in [-0.2, 0) is 6.54 Å². The number of hydrogen-bond acceptors (Lipinski definition) is 2. The van der Waals surface area contributed by atoms with Crippen LogP contribution in [0.5, 0.6) is 0 Å². The number of para-hydroxylation sites is 1. The van der Waals surface area contributed by atoms with Crippen LogP contribution in [0.25, 0.3) is 11.0 Å². The predicted molar refractivity (Wildman–Crippen MR) is 44.1 cm³/mol. The Morgan fingerprint density at radius 2 is 2.25 bits per heavy atom. The van der Waals surface area contributed by atoms with Crippen molar-refractivity contribution in [2.24, 2.45) is 5.73 Å². The third kappa shape index (κ3) is 0.905. The van der Waals surface area contributed by atoms with Crippen LogP contribution in [0, 0.1) is 5.82 Å². The Kier molecular flexibility index (Phi) is 1.59. The zero-order valence-corrected chi connectivity index (χ0v) is 6.38. The molecule has 0 unspecified atom stereocenters. The van der Waals surface area contributed by atoms with Gasteiger partial charge in [-0.05, 0) is 6.07 Å². The molecule has 2 N–H and O–H groups in total. The first-order valence-corrected chi connectivity index (χ1v) is 3.67. The van der Waals surface area contributed by atoms with Gasteiger partial charge in [-0.15, -0.1) is 0 Å². The second kappa shape index (κ2) is 2.60. The van der Waals surface area contributed by atoms with Gasteiger partial charge in [0.2, 0.25) is 0 Å². The van der Waals surface area contributed by atoms with E-state index in [0.717, 1.165) is 10.9 Å². The summed E-state index contributed by atoms with van der Waals surface area (Å²) in [6.07, 6.45) is 1.49. The molecule has 1 aromatic heterocycles. The molecule has 12 heavy (non-hydrogen) atoms. The lowest BCUT2D eigenvalue weighted by Crippen LogP contribution is -1.93. The summed E-state index contributed by atoms with van der Waals surface area (Å²) in [6, 6.07) is 4.81. The van der Waals surface area contributed by atoms with Crippen LogP contribution >= 0.6 is 0 Å². The van der Waals surface area contributed by atoms with Gasteiger partial charge >= 0.3 is 0 Å². The molecule has 3 heteroatoms. The first-order valence-electron chi connectivity index (χ1n) is 3.67. The first kappa shape index (κ1) is 7.31. The Bertz CT molecular complexity index is 408. The molecule has 0 amide bonds. The fraction of sp³-hybridized carbons (Fsp3) is 0.111. The van der Waals surface area contributed by atoms with Crippen LogP contribution in [0.4, 0.5) is 4.39 Å². The fourth-order valence-electron chi connectivity index (χ4n) is 1.23. The first-order chi connectivity index (χ1) is 5.83. The van der Waals surface area contributed by atoms with E-state index < -0.39 is 0 Å². The van der Waals surface area contributed by atoms with Crippen LogP contribution in [0.2, 0.25) is 0 Å². The molecule has 1 aromatic carbocycles. The summed E-state index contributed by atoms with van der Waals surface area (Å²) in [5.41, 5.74) is 6.56. The quantitative estimate of drug-likeness (QED) is 0.702. The van der Waals surface area contributed by atoms with E-state index in [1.807, 2.05) is 0 Å². The molecule has 62 valence electrons. The van der Waals surface area contributed by atoms with Crippen molar-refractivity contribution in [3.63, 3.8) is 0 Å². The maximum atomic E-state index is 13.0. The third-order valence-corrected chi connectivity index (χ3v) is 1.85. The number of furan rings is 1. The van der Waals surface area contributed by atoms with Crippen molar-refractivity contribution >= 4 is 11.0 Å². The smallest absolute Gasteiger partial charge is 0.169 e. The lowest BCUT2D eigenvalue weighted by atomic mass is 10.2. The van der Waals surface area contributed by atoms with Gasteiger partial charge in [0.05, 0.1) is 6.26 Å². The molecule has 2 rings (SSSR count). The summed E-state index contributed by atoms with van der Waals surface area (Å²) in [5, 5.41) is 0.762. The molecular formula is C9H8FNO. The zero-order chi connectivity index (χ0) is 8.55. The standard InChI is InChI=1S/C9H8FNO/c10-8-3-1-2-7-6(4-11)5-12-9(7)8/h1-3,5H,4,11H2. The van der Waals surface area contributed by atoms with Crippen molar-refractivity contribution in [1.29, 1.82) is 0 Å². The molecule has 0 aliphatic rings. The van der Waals surface area contributed by atoms with Gasteiger partial charge in [-0.3, -0.25) is 0 Å². The molecule has 0 bridgehead atoms. The van der Waals surface area contributed by atoms with Gasteiger partial charge in [0.15, 0.2) is 11.4 Å². The predicted octanol–water partition coefficient (Wildman–Crippen LogP) is 2.03. The Balaban J connectivity index is 2.80. The monoisotopic (exact) mass is 165 g/mol. The second-order valence-corrected chi connectivity index (χ2v) is 2.58. The topological polar surface area (TPSA) is 39.2 Å². The van der Waals surface area contributed by atoms with Crippen LogP contribution in [0.1, 0.15) is 5.56 Å². The van der Waals surface area contributed by atoms with Crippen molar-refractivity contribution in [3.05, 3.63) is 35.8 Å². The van der Waals surface area contributed by atoms with Crippen molar-refractivity contribution in [2.45, 2.75) is 6.54 Å². The Morgan fingerprint density at radius 1 is 1.42 bits per heavy atom. The molecule has 0 radical (unpaired) electrons. The highest BCUT2D eigenvalue weighted by Crippen LogP contribution is 2.22. The van der Waals surface area contributed by atoms with Crippen LogP contribution < -0.4 is 5.73 Å². The molecule has 0 saturated heterocycles. The van der Waals surface area contributed by atoms with Crippen LogP contribution in [-0.4, -0.2) is 0 Å². The van der Waals surface area contributed by atoms with Crippen molar-refractivity contribution in [2.75, 3.05) is 0 Å². The normalized spacial score (nSPS) is 10.8. The second-order valence-electron chi connectivity index (χ2n) is 2.58. The van der Waals surface area contributed by atoms with E-state index >= 15 is 0 Å². The minimum Gasteiger partial charge on any atom is -0.461 e. The summed E-state index contributed by atoms with van der Waals surface area (Å²) in [6.45, 7) is 0.371. The number of hydrogen-bond donors (Lipinski definition) is 1. The molecule has 1 heterocycles. The molecule has 2 aromatic rings. The molecule has 2 nitrogen and oxygen atoms in total. The maximum Gasteiger partial charge on any atom is 0.169 e. The summed E-state index contributed by atoms with van der Waals surface area (Å²) >= 11 is 0. The zero-order valence-electron chi connectivity index (χ0n) is 6.38. The van der Waals surface area contributed by atoms with E-state index in [1.165, 1.54) is 12.3 Å². The van der Waals surface area contributed by atoms with Gasteiger partial charge in [0.1, 0.15) is 0 Å². The van der Waals surface area contributed by atoms with Crippen molar-refractivity contribution in [3.8, 4) is 0 Å². The van der Waals surface area contributed by atoms with Crippen LogP contribution in [0.3, 0.4) is 0 Å². The fourth-order valence-corrected chi connectivity index (χ4v) is 1.23. The molecule has 0 saturated carbocycles. The summed E-state index contributed by atoms with van der Waals surface area (Å²) < 4.78 is 18.0. The number of benzene rings is 1. The minimum absolute atomic E-state index is 0.290. The lowest BCUT2D eigenvalue weighted by Gasteiger charge is -1.91. The number of rotatable bonds is 1. The van der Waals surface area contributed by atoms with E-state index in [1.54, 1.807) is 12.1 Å². The van der Waals surface area contributed by atoms with E-state index in [9.17, 15) is 4.39 Å². The van der Waals surface area contributed by atoms with E-state index in [0.29, 0.717) is 6.54 Å². The molecular weight excluding hydrogens is 157 g/mol. The molecule has 0 fully saturated rings. The van der Waals surface area contributed by atoms with E-state index in [2.05, 4.69) is 0 Å². The summed E-state index contributed by atoms with van der Waals surface area (Å²) in [4.78, 5) is 0. The summed E-state index contributed by atoms with van der Waals surface area (Å²) in [7, 11) is 0.